The van der Waals surface area contributed by atoms with Crippen LogP contribution in [0.2, 0.25) is 0 Å². The lowest BCUT2D eigenvalue weighted by molar-refractivity contribution is 0.141. The molecule has 0 radical (unpaired) electrons. The van der Waals surface area contributed by atoms with Gasteiger partial charge in [-0.1, -0.05) is 20.8 Å². The minimum Gasteiger partial charge on any atom is -0.334 e. The van der Waals surface area contributed by atoms with Gasteiger partial charge in [0.15, 0.2) is 0 Å². The van der Waals surface area contributed by atoms with Gasteiger partial charge in [-0.2, -0.15) is 0 Å². The predicted octanol–water partition coefficient (Wildman–Crippen LogP) is 3.13. The van der Waals surface area contributed by atoms with Gasteiger partial charge in [0, 0.05) is 18.4 Å². The number of imidazole rings is 1. The Balaban J connectivity index is 2.18. The molecule has 1 saturated carbocycles. The quantitative estimate of drug-likeness (QED) is 0.668. The van der Waals surface area contributed by atoms with E-state index in [9.17, 15) is 0 Å². The Bertz CT molecular complexity index is 267. The van der Waals surface area contributed by atoms with E-state index in [4.69, 9.17) is 0 Å². The fourth-order valence-electron chi connectivity index (χ4n) is 3.24. The number of hydrogen-bond acceptors (Lipinski definition) is 1. The van der Waals surface area contributed by atoms with Crippen LogP contribution >= 0.6 is 0 Å². The van der Waals surface area contributed by atoms with Crippen molar-refractivity contribution in [3.63, 3.8) is 0 Å². The normalized spacial score (nSPS) is 38.5. The van der Waals surface area contributed by atoms with Crippen molar-refractivity contribution >= 4 is 0 Å². The number of nitrogens with zero attached hydrogens (tertiary/aromatic N) is 2. The highest BCUT2D eigenvalue weighted by Crippen LogP contribution is 2.40. The van der Waals surface area contributed by atoms with Gasteiger partial charge in [-0.05, 0) is 30.6 Å². The van der Waals surface area contributed by atoms with Crippen LogP contribution in [0.3, 0.4) is 0 Å². The van der Waals surface area contributed by atoms with E-state index in [0.717, 1.165) is 17.8 Å². The smallest absolute Gasteiger partial charge is 0.0948 e. The van der Waals surface area contributed by atoms with Gasteiger partial charge < -0.3 is 4.57 Å². The van der Waals surface area contributed by atoms with Crippen LogP contribution in [0.15, 0.2) is 18.7 Å². The summed E-state index contributed by atoms with van der Waals surface area (Å²) in [5.41, 5.74) is 0. The van der Waals surface area contributed by atoms with Crippen LogP contribution in [0.25, 0.3) is 0 Å². The third-order valence-electron chi connectivity index (χ3n) is 3.58. The molecule has 1 aliphatic rings. The maximum Gasteiger partial charge on any atom is 0.0948 e. The fraction of sp³-hybridized carbons (Fsp3) is 0.750. The molecule has 2 rings (SSSR count). The van der Waals surface area contributed by atoms with Crippen LogP contribution in [-0.2, 0) is 0 Å². The predicted molar refractivity (Wildman–Crippen MR) is 58.0 cm³/mol. The van der Waals surface area contributed by atoms with Crippen LogP contribution in [0.1, 0.15) is 39.7 Å². The highest BCUT2D eigenvalue weighted by atomic mass is 15.1. The average molecular weight is 192 g/mol. The third kappa shape index (κ3) is 1.70. The van der Waals surface area contributed by atoms with E-state index in [1.807, 2.05) is 12.5 Å². The Kier molecular flexibility index (Phi) is 2.62. The molecule has 1 heterocycles. The van der Waals surface area contributed by atoms with E-state index in [2.05, 4.69) is 36.5 Å². The van der Waals surface area contributed by atoms with E-state index >= 15 is 0 Å². The topological polar surface area (TPSA) is 17.8 Å². The van der Waals surface area contributed by atoms with Crippen LogP contribution in [0.4, 0.5) is 0 Å². The second-order valence-corrected chi connectivity index (χ2v) is 5.03. The summed E-state index contributed by atoms with van der Waals surface area (Å²) >= 11 is 0. The molecule has 2 nitrogen and oxygen atoms in total. The summed E-state index contributed by atoms with van der Waals surface area (Å²) in [5, 5.41) is 0. The summed E-state index contributed by atoms with van der Waals surface area (Å²) in [6, 6.07) is 0.661. The summed E-state index contributed by atoms with van der Waals surface area (Å²) in [7, 11) is 0. The van der Waals surface area contributed by atoms with Crippen LogP contribution in [-0.4, -0.2) is 9.55 Å². The first-order chi connectivity index (χ1) is 6.68. The van der Waals surface area contributed by atoms with Crippen molar-refractivity contribution in [1.29, 1.82) is 0 Å². The van der Waals surface area contributed by atoms with Gasteiger partial charge in [0.1, 0.15) is 0 Å². The standard InChI is InChI=1S/C12H20N2/c1-9-6-10(2)12(11(3)7-9)14-5-4-13-8-14/h4-5,8-12H,6-7H2,1-3H3. The molecule has 0 aromatic carbocycles. The summed E-state index contributed by atoms with van der Waals surface area (Å²) in [5.74, 6) is 2.45. The lowest BCUT2D eigenvalue weighted by atomic mass is 9.73. The monoisotopic (exact) mass is 192 g/mol. The van der Waals surface area contributed by atoms with Crippen LogP contribution in [0, 0.1) is 17.8 Å². The Labute approximate surface area is 86.3 Å². The molecule has 1 aromatic rings. The first-order valence-corrected chi connectivity index (χ1v) is 5.66. The summed E-state index contributed by atoms with van der Waals surface area (Å²) in [6.45, 7) is 7.12. The first kappa shape index (κ1) is 9.75. The Morgan fingerprint density at radius 3 is 2.29 bits per heavy atom. The van der Waals surface area contributed by atoms with E-state index in [-0.39, 0.29) is 0 Å². The zero-order valence-corrected chi connectivity index (χ0v) is 9.35. The second-order valence-electron chi connectivity index (χ2n) is 5.03. The molecule has 78 valence electrons. The molecule has 0 spiro atoms. The van der Waals surface area contributed by atoms with Gasteiger partial charge in [0.05, 0.1) is 6.33 Å². The van der Waals surface area contributed by atoms with Crippen LogP contribution in [0.5, 0.6) is 0 Å². The molecule has 0 bridgehead atoms. The molecule has 0 aliphatic heterocycles. The zero-order valence-electron chi connectivity index (χ0n) is 9.35. The molecule has 1 aromatic heterocycles. The first-order valence-electron chi connectivity index (χ1n) is 5.66. The van der Waals surface area contributed by atoms with Gasteiger partial charge >= 0.3 is 0 Å². The van der Waals surface area contributed by atoms with E-state index in [0.29, 0.717) is 6.04 Å². The molecular formula is C12H20N2. The molecule has 0 saturated heterocycles. The lowest BCUT2D eigenvalue weighted by Gasteiger charge is -2.38. The SMILES string of the molecule is CC1CC(C)C(n2ccnc2)C(C)C1. The van der Waals surface area contributed by atoms with E-state index in [1.54, 1.807) is 0 Å². The molecular weight excluding hydrogens is 172 g/mol. The minimum atomic E-state index is 0.661. The van der Waals surface area contributed by atoms with Crippen molar-refractivity contribution in [3.8, 4) is 0 Å². The van der Waals surface area contributed by atoms with Crippen LogP contribution < -0.4 is 0 Å². The van der Waals surface area contributed by atoms with Gasteiger partial charge in [0.25, 0.3) is 0 Å². The van der Waals surface area contributed by atoms with Crippen molar-refractivity contribution in [2.24, 2.45) is 17.8 Å². The molecule has 2 unspecified atom stereocenters. The highest BCUT2D eigenvalue weighted by molar-refractivity contribution is 4.89. The van der Waals surface area contributed by atoms with Gasteiger partial charge in [-0.15, -0.1) is 0 Å². The number of hydrogen-bond donors (Lipinski definition) is 0. The van der Waals surface area contributed by atoms with Crippen molar-refractivity contribution in [2.75, 3.05) is 0 Å². The molecule has 2 atom stereocenters. The Hall–Kier alpha value is -0.790. The lowest BCUT2D eigenvalue weighted by Crippen LogP contribution is -2.30. The van der Waals surface area contributed by atoms with E-state index < -0.39 is 0 Å². The maximum absolute atomic E-state index is 4.15. The molecule has 0 N–H and O–H groups in total. The van der Waals surface area contributed by atoms with Crippen molar-refractivity contribution < 1.29 is 0 Å². The molecule has 1 fully saturated rings. The number of rotatable bonds is 1. The highest BCUT2D eigenvalue weighted by Gasteiger charge is 2.31. The van der Waals surface area contributed by atoms with Gasteiger partial charge in [-0.3, -0.25) is 0 Å². The second kappa shape index (κ2) is 3.76. The molecule has 14 heavy (non-hydrogen) atoms. The fourth-order valence-corrected chi connectivity index (χ4v) is 3.24. The number of aromatic nitrogens is 2. The zero-order chi connectivity index (χ0) is 10.1. The molecule has 2 heteroatoms. The Morgan fingerprint density at radius 1 is 1.14 bits per heavy atom. The Morgan fingerprint density at radius 2 is 1.79 bits per heavy atom. The van der Waals surface area contributed by atoms with Crippen molar-refractivity contribution in [1.82, 2.24) is 9.55 Å². The van der Waals surface area contributed by atoms with Gasteiger partial charge in [0.2, 0.25) is 0 Å². The largest absolute Gasteiger partial charge is 0.334 e. The third-order valence-corrected chi connectivity index (χ3v) is 3.58. The summed E-state index contributed by atoms with van der Waals surface area (Å²) < 4.78 is 2.29. The molecule has 0 amide bonds. The average Bonchev–Trinajstić information content (AvgIpc) is 2.54. The van der Waals surface area contributed by atoms with Gasteiger partial charge in [-0.25, -0.2) is 4.98 Å². The summed E-state index contributed by atoms with van der Waals surface area (Å²) in [4.78, 5) is 4.15. The summed E-state index contributed by atoms with van der Waals surface area (Å²) in [6.07, 6.45) is 8.67. The van der Waals surface area contributed by atoms with Crippen molar-refractivity contribution in [2.45, 2.75) is 39.7 Å². The van der Waals surface area contributed by atoms with E-state index in [1.165, 1.54) is 12.8 Å². The van der Waals surface area contributed by atoms with Crippen molar-refractivity contribution in [3.05, 3.63) is 18.7 Å². The minimum absolute atomic E-state index is 0.661. The molecule has 1 aliphatic carbocycles. The maximum atomic E-state index is 4.15.